The van der Waals surface area contributed by atoms with Crippen LogP contribution >= 0.6 is 0 Å². The number of benzene rings is 1. The number of likely N-dealkylation sites (N-methyl/N-ethyl adjacent to an activating group) is 1. The number of amides is 3. The molecule has 0 fully saturated rings. The molecule has 0 unspecified atom stereocenters. The molecule has 0 spiro atoms. The van der Waals surface area contributed by atoms with E-state index in [1.165, 1.54) is 0 Å². The van der Waals surface area contributed by atoms with Crippen LogP contribution in [0.4, 0.5) is 10.5 Å². The smallest absolute Gasteiger partial charge is 0.319 e. The lowest BCUT2D eigenvalue weighted by Crippen LogP contribution is -2.49. The third-order valence-corrected chi connectivity index (χ3v) is 6.05. The Hall–Kier alpha value is -3.17. The number of rotatable bonds is 8. The van der Waals surface area contributed by atoms with E-state index in [0.717, 1.165) is 5.56 Å². The lowest BCUT2D eigenvalue weighted by Gasteiger charge is -2.38. The quantitative estimate of drug-likeness (QED) is 0.533. The highest BCUT2D eigenvalue weighted by Gasteiger charge is 2.34. The van der Waals surface area contributed by atoms with Crippen molar-refractivity contribution in [1.29, 1.82) is 0 Å². The van der Waals surface area contributed by atoms with Gasteiger partial charge in [0.1, 0.15) is 6.10 Å². The van der Waals surface area contributed by atoms with Gasteiger partial charge >= 0.3 is 6.03 Å². The first kappa shape index (κ1) is 26.4. The van der Waals surface area contributed by atoms with Gasteiger partial charge in [-0.15, -0.1) is 0 Å². The molecule has 1 aliphatic heterocycles. The molecule has 9 heteroatoms. The molecule has 3 atom stereocenters. The molecule has 1 aliphatic rings. The van der Waals surface area contributed by atoms with Gasteiger partial charge in [0.25, 0.3) is 5.91 Å². The van der Waals surface area contributed by atoms with Gasteiger partial charge in [0.15, 0.2) is 5.75 Å². The Balaban J connectivity index is 1.94. The average molecular weight is 484 g/mol. The second-order valence-corrected chi connectivity index (χ2v) is 9.61. The molecule has 0 radical (unpaired) electrons. The Morgan fingerprint density at radius 2 is 1.97 bits per heavy atom. The van der Waals surface area contributed by atoms with Gasteiger partial charge in [0.2, 0.25) is 0 Å². The van der Waals surface area contributed by atoms with E-state index in [1.807, 2.05) is 46.9 Å². The number of aromatic nitrogens is 1. The zero-order valence-electron chi connectivity index (χ0n) is 21.2. The van der Waals surface area contributed by atoms with E-state index in [2.05, 4.69) is 20.5 Å². The van der Waals surface area contributed by atoms with Crippen LogP contribution in [-0.2, 0) is 6.54 Å². The van der Waals surface area contributed by atoms with E-state index in [4.69, 9.17) is 4.74 Å². The molecule has 190 valence electrons. The van der Waals surface area contributed by atoms with Gasteiger partial charge < -0.3 is 25.4 Å². The van der Waals surface area contributed by atoms with Crippen molar-refractivity contribution in [1.82, 2.24) is 20.1 Å². The number of nitrogens with one attached hydrogen (secondary N) is 2. The van der Waals surface area contributed by atoms with Crippen LogP contribution in [0.1, 0.15) is 43.6 Å². The topological polar surface area (TPSA) is 107 Å². The number of ether oxygens (including phenoxy) is 1. The number of carbonyl (C=O) groups excluding carboxylic acids is 2. The molecule has 3 N–H and O–H groups in total. The first-order chi connectivity index (χ1) is 16.7. The molecule has 1 aromatic heterocycles. The van der Waals surface area contributed by atoms with E-state index < -0.39 is 0 Å². The number of hydrogen-bond acceptors (Lipinski definition) is 6. The van der Waals surface area contributed by atoms with Crippen molar-refractivity contribution in [2.45, 2.75) is 52.4 Å². The summed E-state index contributed by atoms with van der Waals surface area (Å²) in [6.07, 6.45) is 3.28. The summed E-state index contributed by atoms with van der Waals surface area (Å²) in [6, 6.07) is 8.35. The lowest BCUT2D eigenvalue weighted by molar-refractivity contribution is 0.0343. The van der Waals surface area contributed by atoms with Crippen LogP contribution in [0.5, 0.6) is 5.75 Å². The summed E-state index contributed by atoms with van der Waals surface area (Å²) < 4.78 is 6.52. The van der Waals surface area contributed by atoms with Gasteiger partial charge in [-0.05, 0) is 57.6 Å². The van der Waals surface area contributed by atoms with Gasteiger partial charge in [-0.3, -0.25) is 14.7 Å². The number of para-hydroxylation sites is 1. The van der Waals surface area contributed by atoms with Crippen LogP contribution in [0.2, 0.25) is 0 Å². The van der Waals surface area contributed by atoms with Gasteiger partial charge in [-0.25, -0.2) is 4.79 Å². The maximum Gasteiger partial charge on any atom is 0.319 e. The highest BCUT2D eigenvalue weighted by atomic mass is 16.5. The third-order valence-electron chi connectivity index (χ3n) is 6.05. The number of aliphatic hydroxyl groups excluding tert-OH is 1. The van der Waals surface area contributed by atoms with Crippen molar-refractivity contribution in [3.8, 4) is 5.75 Å². The van der Waals surface area contributed by atoms with Crippen LogP contribution in [0.25, 0.3) is 0 Å². The Labute approximate surface area is 207 Å². The maximum absolute atomic E-state index is 13.5. The van der Waals surface area contributed by atoms with Crippen molar-refractivity contribution >= 4 is 17.6 Å². The molecule has 0 aliphatic carbocycles. The molecular weight excluding hydrogens is 446 g/mol. The fraction of sp³-hybridized carbons (Fsp3) is 0.500. The first-order valence-electron chi connectivity index (χ1n) is 12.1. The van der Waals surface area contributed by atoms with Crippen molar-refractivity contribution in [2.75, 3.05) is 32.1 Å². The van der Waals surface area contributed by atoms with Gasteiger partial charge in [0, 0.05) is 44.0 Å². The van der Waals surface area contributed by atoms with Crippen LogP contribution in [0, 0.1) is 5.92 Å². The maximum atomic E-state index is 13.5. The van der Waals surface area contributed by atoms with Crippen molar-refractivity contribution in [2.24, 2.45) is 5.92 Å². The first-order valence-corrected chi connectivity index (χ1v) is 12.1. The fourth-order valence-electron chi connectivity index (χ4n) is 4.15. The van der Waals surface area contributed by atoms with Crippen LogP contribution in [0.15, 0.2) is 42.7 Å². The molecule has 2 heterocycles. The molecule has 3 rings (SSSR count). The Kier molecular flexibility index (Phi) is 9.06. The minimum absolute atomic E-state index is 0.0291. The molecule has 9 nitrogen and oxygen atoms in total. The summed E-state index contributed by atoms with van der Waals surface area (Å²) in [5.41, 5.74) is 1.93. The van der Waals surface area contributed by atoms with Gasteiger partial charge in [-0.1, -0.05) is 13.0 Å². The predicted molar refractivity (Wildman–Crippen MR) is 135 cm³/mol. The number of aliphatic hydroxyl groups is 1. The number of urea groups is 1. The summed E-state index contributed by atoms with van der Waals surface area (Å²) in [5.74, 6) is 0.0869. The van der Waals surface area contributed by atoms with E-state index in [1.54, 1.807) is 35.5 Å². The number of anilines is 1. The summed E-state index contributed by atoms with van der Waals surface area (Å²) in [5, 5.41) is 15.5. The van der Waals surface area contributed by atoms with Gasteiger partial charge in [-0.2, -0.15) is 0 Å². The number of nitrogens with zero attached hydrogens (tertiary/aromatic N) is 3. The highest BCUT2D eigenvalue weighted by Crippen LogP contribution is 2.35. The monoisotopic (exact) mass is 483 g/mol. The Bertz CT molecular complexity index is 1000. The van der Waals surface area contributed by atoms with Crippen molar-refractivity contribution in [3.63, 3.8) is 0 Å². The summed E-state index contributed by atoms with van der Waals surface area (Å²) in [6.45, 7) is 9.24. The van der Waals surface area contributed by atoms with Crippen molar-refractivity contribution < 1.29 is 19.4 Å². The van der Waals surface area contributed by atoms with E-state index in [9.17, 15) is 14.7 Å². The predicted octanol–water partition coefficient (Wildman–Crippen LogP) is 2.96. The Morgan fingerprint density at radius 3 is 2.63 bits per heavy atom. The molecular formula is C26H37N5O4. The van der Waals surface area contributed by atoms with E-state index in [0.29, 0.717) is 36.6 Å². The van der Waals surface area contributed by atoms with E-state index >= 15 is 0 Å². The van der Waals surface area contributed by atoms with Crippen LogP contribution in [-0.4, -0.2) is 76.8 Å². The molecule has 3 amide bonds. The average Bonchev–Trinajstić information content (AvgIpc) is 2.81. The van der Waals surface area contributed by atoms with E-state index in [-0.39, 0.29) is 42.7 Å². The zero-order chi connectivity index (χ0) is 25.5. The number of fused-ring (bicyclic) bond motifs is 1. The van der Waals surface area contributed by atoms with Crippen LogP contribution < -0.4 is 15.4 Å². The number of pyridine rings is 1. The fourth-order valence-corrected chi connectivity index (χ4v) is 4.15. The molecule has 0 saturated heterocycles. The summed E-state index contributed by atoms with van der Waals surface area (Å²) in [4.78, 5) is 33.9. The highest BCUT2D eigenvalue weighted by molar-refractivity contribution is 6.01. The lowest BCUT2D eigenvalue weighted by atomic mass is 9.99. The molecule has 1 aromatic carbocycles. The number of carbonyl (C=O) groups is 2. The van der Waals surface area contributed by atoms with Crippen molar-refractivity contribution in [3.05, 3.63) is 53.9 Å². The molecule has 2 aromatic rings. The minimum atomic E-state index is -0.369. The Morgan fingerprint density at radius 1 is 1.26 bits per heavy atom. The zero-order valence-corrected chi connectivity index (χ0v) is 21.2. The molecule has 35 heavy (non-hydrogen) atoms. The summed E-state index contributed by atoms with van der Waals surface area (Å²) in [7, 11) is 2.02. The normalized spacial score (nSPS) is 19.0. The standard InChI is InChI=1S/C26H37N5O4/c1-17(2)28-26(34)29-22-8-6-7-21-24(22)35-23(15-30(5)14-20-9-11-27-12-10-20)18(3)13-31(25(21)33)19(4)16-32/h6-12,17-19,23,32H,13-16H2,1-5H3,(H2,28,29,34)/t18-,19-,23-/m0/s1. The van der Waals surface area contributed by atoms with Crippen LogP contribution in [0.3, 0.4) is 0 Å². The largest absolute Gasteiger partial charge is 0.486 e. The molecule has 0 saturated carbocycles. The van der Waals surface area contributed by atoms with Gasteiger partial charge in [0.05, 0.1) is 23.9 Å². The summed E-state index contributed by atoms with van der Waals surface area (Å²) >= 11 is 0. The minimum Gasteiger partial charge on any atom is -0.486 e. The molecule has 0 bridgehead atoms. The SMILES string of the molecule is CC(C)NC(=O)Nc1cccc2c1O[C@@H](CN(C)Cc1ccncc1)[C@@H](C)CN([C@@H](C)CO)C2=O. The second kappa shape index (κ2) is 12.0. The third kappa shape index (κ3) is 6.93. The number of hydrogen-bond donors (Lipinski definition) is 3. The second-order valence-electron chi connectivity index (χ2n) is 9.61.